The standard InChI is InChI=1S/C12H13NO2S/c1-2-3-7-12(10-13)16(14,15)11-8-5-4-6-9-11/h2,4-6,8-9,12H,1,3,7H2. The number of benzene rings is 1. The Kier molecular flexibility index (Phi) is 4.27. The van der Waals surface area contributed by atoms with Gasteiger partial charge in [0.25, 0.3) is 0 Å². The van der Waals surface area contributed by atoms with Crippen LogP contribution in [-0.4, -0.2) is 13.7 Å². The first-order valence-corrected chi connectivity index (χ1v) is 6.47. The van der Waals surface area contributed by atoms with Gasteiger partial charge >= 0.3 is 0 Å². The topological polar surface area (TPSA) is 57.9 Å². The van der Waals surface area contributed by atoms with Crippen LogP contribution in [-0.2, 0) is 9.84 Å². The molecule has 4 heteroatoms. The van der Waals surface area contributed by atoms with Gasteiger partial charge in [0.05, 0.1) is 11.0 Å². The maximum Gasteiger partial charge on any atom is 0.194 e. The Balaban J connectivity index is 3.01. The zero-order valence-corrected chi connectivity index (χ0v) is 9.65. The summed E-state index contributed by atoms with van der Waals surface area (Å²) in [7, 11) is -3.53. The first-order chi connectivity index (χ1) is 7.62. The van der Waals surface area contributed by atoms with Crippen molar-refractivity contribution in [1.29, 1.82) is 5.26 Å². The Hall–Kier alpha value is -1.60. The highest BCUT2D eigenvalue weighted by Gasteiger charge is 2.26. The Morgan fingerprint density at radius 2 is 2.00 bits per heavy atom. The number of hydrogen-bond donors (Lipinski definition) is 0. The normalized spacial score (nSPS) is 12.7. The van der Waals surface area contributed by atoms with E-state index in [2.05, 4.69) is 6.58 Å². The van der Waals surface area contributed by atoms with E-state index in [4.69, 9.17) is 5.26 Å². The van der Waals surface area contributed by atoms with E-state index in [9.17, 15) is 8.42 Å². The molecule has 0 saturated heterocycles. The molecule has 0 aliphatic carbocycles. The molecular formula is C12H13NO2S. The van der Waals surface area contributed by atoms with Crippen LogP contribution >= 0.6 is 0 Å². The minimum atomic E-state index is -3.53. The van der Waals surface area contributed by atoms with Crippen molar-refractivity contribution in [2.45, 2.75) is 23.0 Å². The summed E-state index contributed by atoms with van der Waals surface area (Å²) in [5.41, 5.74) is 0. The van der Waals surface area contributed by atoms with Crippen molar-refractivity contribution >= 4 is 9.84 Å². The van der Waals surface area contributed by atoms with Crippen molar-refractivity contribution in [3.63, 3.8) is 0 Å². The molecule has 0 aliphatic rings. The van der Waals surface area contributed by atoms with Crippen molar-refractivity contribution in [1.82, 2.24) is 0 Å². The molecule has 0 bridgehead atoms. The highest BCUT2D eigenvalue weighted by molar-refractivity contribution is 7.92. The lowest BCUT2D eigenvalue weighted by atomic mass is 10.2. The van der Waals surface area contributed by atoms with Crippen molar-refractivity contribution in [2.75, 3.05) is 0 Å². The van der Waals surface area contributed by atoms with Crippen LogP contribution in [0.4, 0.5) is 0 Å². The van der Waals surface area contributed by atoms with Gasteiger partial charge in [-0.3, -0.25) is 0 Å². The smallest absolute Gasteiger partial charge is 0.194 e. The molecule has 1 aromatic rings. The Bertz CT molecular complexity index is 486. The molecule has 0 radical (unpaired) electrons. The van der Waals surface area contributed by atoms with Crippen LogP contribution < -0.4 is 0 Å². The number of allylic oxidation sites excluding steroid dienone is 1. The Labute approximate surface area is 95.9 Å². The fourth-order valence-electron chi connectivity index (χ4n) is 1.33. The third-order valence-electron chi connectivity index (χ3n) is 2.22. The summed E-state index contributed by atoms with van der Waals surface area (Å²) < 4.78 is 24.0. The monoisotopic (exact) mass is 235 g/mol. The van der Waals surface area contributed by atoms with Gasteiger partial charge in [-0.05, 0) is 25.0 Å². The van der Waals surface area contributed by atoms with Gasteiger partial charge in [0.1, 0.15) is 0 Å². The van der Waals surface area contributed by atoms with E-state index in [0.717, 1.165) is 0 Å². The summed E-state index contributed by atoms with van der Waals surface area (Å²) in [6, 6.07) is 9.89. The van der Waals surface area contributed by atoms with Gasteiger partial charge in [-0.25, -0.2) is 8.42 Å². The minimum Gasteiger partial charge on any atom is -0.222 e. The highest BCUT2D eigenvalue weighted by atomic mass is 32.2. The van der Waals surface area contributed by atoms with E-state index in [1.54, 1.807) is 24.3 Å². The van der Waals surface area contributed by atoms with Crippen LogP contribution in [0.3, 0.4) is 0 Å². The lowest BCUT2D eigenvalue weighted by Crippen LogP contribution is -2.19. The summed E-state index contributed by atoms with van der Waals surface area (Å²) in [6.45, 7) is 3.52. The van der Waals surface area contributed by atoms with Gasteiger partial charge in [0.15, 0.2) is 15.1 Å². The van der Waals surface area contributed by atoms with Crippen LogP contribution in [0.2, 0.25) is 0 Å². The van der Waals surface area contributed by atoms with E-state index < -0.39 is 15.1 Å². The largest absolute Gasteiger partial charge is 0.222 e. The first kappa shape index (κ1) is 12.5. The fraction of sp³-hybridized carbons (Fsp3) is 0.250. The molecule has 84 valence electrons. The van der Waals surface area contributed by atoms with Crippen LogP contribution in [0, 0.1) is 11.3 Å². The van der Waals surface area contributed by atoms with Gasteiger partial charge in [-0.1, -0.05) is 24.3 Å². The maximum absolute atomic E-state index is 12.0. The minimum absolute atomic E-state index is 0.200. The van der Waals surface area contributed by atoms with Crippen LogP contribution in [0.15, 0.2) is 47.9 Å². The second kappa shape index (κ2) is 5.47. The average Bonchev–Trinajstić information content (AvgIpc) is 2.31. The van der Waals surface area contributed by atoms with Crippen molar-refractivity contribution in [3.8, 4) is 6.07 Å². The van der Waals surface area contributed by atoms with E-state index in [0.29, 0.717) is 6.42 Å². The molecule has 0 aliphatic heterocycles. The molecule has 16 heavy (non-hydrogen) atoms. The second-order valence-corrected chi connectivity index (χ2v) is 5.47. The number of rotatable bonds is 5. The van der Waals surface area contributed by atoms with Crippen LogP contribution in [0.25, 0.3) is 0 Å². The predicted octanol–water partition coefficient (Wildman–Crippen LogP) is 2.32. The average molecular weight is 235 g/mol. The zero-order chi connectivity index (χ0) is 12.0. The quantitative estimate of drug-likeness (QED) is 0.736. The molecule has 0 amide bonds. The number of nitriles is 1. The molecule has 0 heterocycles. The molecule has 0 aromatic heterocycles. The zero-order valence-electron chi connectivity index (χ0n) is 8.83. The van der Waals surface area contributed by atoms with Gasteiger partial charge in [-0.15, -0.1) is 6.58 Å². The number of nitrogens with zero attached hydrogens (tertiary/aromatic N) is 1. The van der Waals surface area contributed by atoms with E-state index in [-0.39, 0.29) is 11.3 Å². The van der Waals surface area contributed by atoms with Gasteiger partial charge in [0.2, 0.25) is 0 Å². The maximum atomic E-state index is 12.0. The number of hydrogen-bond acceptors (Lipinski definition) is 3. The summed E-state index contributed by atoms with van der Waals surface area (Å²) >= 11 is 0. The summed E-state index contributed by atoms with van der Waals surface area (Å²) in [5.74, 6) is 0. The molecule has 0 saturated carbocycles. The summed E-state index contributed by atoms with van der Waals surface area (Å²) in [6.07, 6.45) is 2.42. The molecule has 3 nitrogen and oxygen atoms in total. The third-order valence-corrected chi connectivity index (χ3v) is 4.24. The Morgan fingerprint density at radius 3 is 2.50 bits per heavy atom. The van der Waals surface area contributed by atoms with Crippen molar-refractivity contribution in [2.24, 2.45) is 0 Å². The third kappa shape index (κ3) is 2.71. The molecular weight excluding hydrogens is 222 g/mol. The molecule has 1 aromatic carbocycles. The SMILES string of the molecule is C=CCCC(C#N)S(=O)(=O)c1ccccc1. The van der Waals surface area contributed by atoms with Crippen molar-refractivity contribution in [3.05, 3.63) is 43.0 Å². The van der Waals surface area contributed by atoms with E-state index in [1.807, 2.05) is 6.07 Å². The lowest BCUT2D eigenvalue weighted by molar-refractivity contribution is 0.585. The molecule has 1 unspecified atom stereocenters. The predicted molar refractivity (Wildman–Crippen MR) is 62.5 cm³/mol. The Morgan fingerprint density at radius 1 is 1.38 bits per heavy atom. The van der Waals surface area contributed by atoms with Gasteiger partial charge in [-0.2, -0.15) is 5.26 Å². The van der Waals surface area contributed by atoms with Crippen molar-refractivity contribution < 1.29 is 8.42 Å². The number of sulfone groups is 1. The van der Waals surface area contributed by atoms with Gasteiger partial charge < -0.3 is 0 Å². The van der Waals surface area contributed by atoms with Gasteiger partial charge in [0, 0.05) is 0 Å². The molecule has 1 rings (SSSR count). The van der Waals surface area contributed by atoms with Crippen LogP contribution in [0.1, 0.15) is 12.8 Å². The summed E-state index contributed by atoms with van der Waals surface area (Å²) in [5, 5.41) is 7.89. The lowest BCUT2D eigenvalue weighted by Gasteiger charge is -2.09. The molecule has 1 atom stereocenters. The molecule has 0 spiro atoms. The van der Waals surface area contributed by atoms with E-state index >= 15 is 0 Å². The van der Waals surface area contributed by atoms with E-state index in [1.165, 1.54) is 12.1 Å². The molecule has 0 N–H and O–H groups in total. The molecule has 0 fully saturated rings. The van der Waals surface area contributed by atoms with Crippen LogP contribution in [0.5, 0.6) is 0 Å². The first-order valence-electron chi connectivity index (χ1n) is 4.92. The second-order valence-electron chi connectivity index (χ2n) is 3.34. The fourth-order valence-corrected chi connectivity index (χ4v) is 2.78. The summed E-state index contributed by atoms with van der Waals surface area (Å²) in [4.78, 5) is 0.200. The highest BCUT2D eigenvalue weighted by Crippen LogP contribution is 2.18.